The van der Waals surface area contributed by atoms with Crippen LogP contribution in [0.1, 0.15) is 28.8 Å². The van der Waals surface area contributed by atoms with E-state index in [1.54, 1.807) is 23.1 Å². The van der Waals surface area contributed by atoms with Crippen LogP contribution in [0.25, 0.3) is 0 Å². The number of nitrogens with zero attached hydrogens (tertiary/aromatic N) is 2. The van der Waals surface area contributed by atoms with Gasteiger partial charge < -0.3 is 25.6 Å². The summed E-state index contributed by atoms with van der Waals surface area (Å²) in [5.74, 6) is 0.247. The van der Waals surface area contributed by atoms with Crippen molar-refractivity contribution < 1.29 is 24.0 Å². The molecule has 1 saturated heterocycles. The Labute approximate surface area is 175 Å². The summed E-state index contributed by atoms with van der Waals surface area (Å²) in [4.78, 5) is 14.5. The number of nitrogens with two attached hydrogens (primary N) is 1. The normalized spacial score (nSPS) is 20.7. The van der Waals surface area contributed by atoms with E-state index in [2.05, 4.69) is 9.12 Å². The molecule has 0 spiro atoms. The van der Waals surface area contributed by atoms with E-state index in [1.807, 2.05) is 0 Å². The molecule has 2 aliphatic rings. The fourth-order valence-electron chi connectivity index (χ4n) is 3.75. The number of aromatic hydroxyl groups is 2. The molecular formula is C20H22N4O5S. The first-order chi connectivity index (χ1) is 14.4. The van der Waals surface area contributed by atoms with Gasteiger partial charge in [0.15, 0.2) is 0 Å². The van der Waals surface area contributed by atoms with Crippen LogP contribution in [0.3, 0.4) is 0 Å². The molecule has 0 radical (unpaired) electrons. The van der Waals surface area contributed by atoms with Gasteiger partial charge in [-0.1, -0.05) is 6.07 Å². The van der Waals surface area contributed by atoms with E-state index in [-0.39, 0.29) is 34.7 Å². The molecule has 9 nitrogen and oxygen atoms in total. The van der Waals surface area contributed by atoms with Gasteiger partial charge in [0.1, 0.15) is 23.1 Å². The molecule has 30 heavy (non-hydrogen) atoms. The first-order valence-electron chi connectivity index (χ1n) is 9.52. The van der Waals surface area contributed by atoms with Crippen LogP contribution in [0.2, 0.25) is 0 Å². The molecule has 2 unspecified atom stereocenters. The van der Waals surface area contributed by atoms with Gasteiger partial charge in [-0.15, -0.1) is 0 Å². The third-order valence-electron chi connectivity index (χ3n) is 5.09. The summed E-state index contributed by atoms with van der Waals surface area (Å²) in [5, 5.41) is 19.3. The minimum Gasteiger partial charge on any atom is -0.508 e. The van der Waals surface area contributed by atoms with E-state index in [1.165, 1.54) is 18.2 Å². The van der Waals surface area contributed by atoms with Crippen molar-refractivity contribution in [2.24, 2.45) is 16.0 Å². The van der Waals surface area contributed by atoms with Crippen LogP contribution >= 0.6 is 0 Å². The molecule has 0 aliphatic carbocycles. The molecule has 2 aromatic rings. The van der Waals surface area contributed by atoms with E-state index in [0.29, 0.717) is 36.7 Å². The second-order valence-corrected chi connectivity index (χ2v) is 8.20. The molecule has 158 valence electrons. The third-order valence-corrected chi connectivity index (χ3v) is 5.85. The molecule has 1 fully saturated rings. The van der Waals surface area contributed by atoms with Crippen molar-refractivity contribution >= 4 is 28.6 Å². The Kier molecular flexibility index (Phi) is 5.49. The summed E-state index contributed by atoms with van der Waals surface area (Å²) in [6.45, 7) is 1.47. The Morgan fingerprint density at radius 1 is 1.30 bits per heavy atom. The van der Waals surface area contributed by atoms with Gasteiger partial charge >= 0.3 is 0 Å². The Bertz CT molecular complexity index is 1020. The number of rotatable bonds is 4. The highest BCUT2D eigenvalue weighted by Crippen LogP contribution is 2.31. The monoisotopic (exact) mass is 430 g/mol. The number of anilines is 1. The zero-order valence-electron chi connectivity index (χ0n) is 16.1. The topological polar surface area (TPSA) is 137 Å². The second-order valence-electron chi connectivity index (χ2n) is 7.31. The third kappa shape index (κ3) is 4.18. The van der Waals surface area contributed by atoms with Gasteiger partial charge in [-0.2, -0.15) is 4.40 Å². The van der Waals surface area contributed by atoms with E-state index in [9.17, 15) is 19.2 Å². The average molecular weight is 430 g/mol. The number of hydrogen-bond acceptors (Lipinski definition) is 6. The van der Waals surface area contributed by atoms with Crippen molar-refractivity contribution in [3.05, 3.63) is 47.5 Å². The van der Waals surface area contributed by atoms with Gasteiger partial charge in [0.05, 0.1) is 17.9 Å². The molecule has 4 rings (SSSR count). The predicted octanol–water partition coefficient (Wildman–Crippen LogP) is 1.74. The molecule has 2 atom stereocenters. The first-order valence-corrected chi connectivity index (χ1v) is 10.6. The maximum atomic E-state index is 12.8. The van der Waals surface area contributed by atoms with Gasteiger partial charge in [-0.25, -0.2) is 4.21 Å². The van der Waals surface area contributed by atoms with Crippen molar-refractivity contribution in [1.82, 2.24) is 4.90 Å². The first kappa shape index (κ1) is 20.0. The number of fused-ring (bicyclic) bond motifs is 1. The molecule has 2 aliphatic heterocycles. The molecule has 2 aromatic carbocycles. The van der Waals surface area contributed by atoms with Gasteiger partial charge in [-0.3, -0.25) is 9.52 Å². The zero-order valence-corrected chi connectivity index (χ0v) is 16.9. The van der Waals surface area contributed by atoms with Crippen molar-refractivity contribution in [3.8, 4) is 17.2 Å². The number of carbonyl (C=O) groups is 1. The molecule has 10 heteroatoms. The quantitative estimate of drug-likeness (QED) is 0.583. The van der Waals surface area contributed by atoms with Gasteiger partial charge in [0.2, 0.25) is 11.2 Å². The van der Waals surface area contributed by atoms with E-state index in [0.717, 1.165) is 12.8 Å². The molecular weight excluding hydrogens is 408 g/mol. The zero-order chi connectivity index (χ0) is 21.3. The van der Waals surface area contributed by atoms with E-state index >= 15 is 0 Å². The Hall–Kier alpha value is -3.27. The van der Waals surface area contributed by atoms with E-state index < -0.39 is 11.2 Å². The summed E-state index contributed by atoms with van der Waals surface area (Å²) in [5.41, 5.74) is 7.36. The molecule has 0 aromatic heterocycles. The molecule has 2 heterocycles. The fourth-order valence-corrected chi connectivity index (χ4v) is 4.42. The number of nitrogens with one attached hydrogen (secondary N) is 1. The van der Waals surface area contributed by atoms with Gasteiger partial charge in [0, 0.05) is 30.6 Å². The number of hydrogen-bond donors (Lipinski definition) is 4. The summed E-state index contributed by atoms with van der Waals surface area (Å²) in [7, 11) is 0. The Morgan fingerprint density at radius 3 is 2.83 bits per heavy atom. The number of amidine groups is 1. The van der Waals surface area contributed by atoms with E-state index in [4.69, 9.17) is 10.5 Å². The lowest BCUT2D eigenvalue weighted by Crippen LogP contribution is -2.41. The number of phenols is 2. The summed E-state index contributed by atoms with van der Waals surface area (Å²) in [6, 6.07) is 9.19. The number of phenolic OH excluding ortho intramolecular Hbond substituents is 2. The lowest BCUT2D eigenvalue weighted by molar-refractivity contribution is 0.0632. The summed E-state index contributed by atoms with van der Waals surface area (Å²) in [6.07, 6.45) is 1.72. The summed E-state index contributed by atoms with van der Waals surface area (Å²) < 4.78 is 24.2. The average Bonchev–Trinajstić information content (AvgIpc) is 2.70. The highest BCUT2D eigenvalue weighted by molar-refractivity contribution is 7.85. The SMILES string of the molecule is NC1=NS(=O)Nc2cccc(OCC3CCCN(C(=O)c4cc(O)cc(O)c4)C3)c21. The number of carbonyl (C=O) groups excluding carboxylic acids is 1. The van der Waals surface area contributed by atoms with Crippen LogP contribution in [0.5, 0.6) is 17.2 Å². The standard InChI is InChI=1S/C20H22N4O5S/c21-19-18-16(22-30(28)23-19)4-1-5-17(18)29-11-12-3-2-6-24(10-12)20(27)13-7-14(25)9-15(26)8-13/h1,4-5,7-9,12,22,25-26H,2-3,6,10-11H2,(H2,21,23). The van der Waals surface area contributed by atoms with Gasteiger partial charge in [0.25, 0.3) is 5.91 Å². The van der Waals surface area contributed by atoms with Crippen molar-refractivity contribution in [2.45, 2.75) is 12.8 Å². The van der Waals surface area contributed by atoms with Crippen LogP contribution in [0.15, 0.2) is 40.8 Å². The molecule has 1 amide bonds. The summed E-state index contributed by atoms with van der Waals surface area (Å²) >= 11 is -1.60. The maximum absolute atomic E-state index is 12.8. The van der Waals surface area contributed by atoms with Crippen molar-refractivity contribution in [2.75, 3.05) is 24.4 Å². The smallest absolute Gasteiger partial charge is 0.254 e. The number of likely N-dealkylation sites (tertiary alicyclic amines) is 1. The van der Waals surface area contributed by atoms with Crippen molar-refractivity contribution in [1.29, 1.82) is 0 Å². The van der Waals surface area contributed by atoms with Crippen LogP contribution in [-0.2, 0) is 11.2 Å². The molecule has 5 N–H and O–H groups in total. The second kappa shape index (κ2) is 8.23. The number of benzene rings is 2. The highest BCUT2D eigenvalue weighted by atomic mass is 32.2. The van der Waals surface area contributed by atoms with Crippen molar-refractivity contribution in [3.63, 3.8) is 0 Å². The largest absolute Gasteiger partial charge is 0.508 e. The predicted molar refractivity (Wildman–Crippen MR) is 113 cm³/mol. The minimum absolute atomic E-state index is 0.105. The molecule has 0 bridgehead atoms. The Morgan fingerprint density at radius 2 is 2.07 bits per heavy atom. The fraction of sp³-hybridized carbons (Fsp3) is 0.300. The number of amides is 1. The Balaban J connectivity index is 1.44. The van der Waals surface area contributed by atoms with Crippen LogP contribution in [0, 0.1) is 5.92 Å². The van der Waals surface area contributed by atoms with Crippen LogP contribution in [0.4, 0.5) is 5.69 Å². The lowest BCUT2D eigenvalue weighted by atomic mass is 9.98. The van der Waals surface area contributed by atoms with Crippen LogP contribution in [-0.4, -0.2) is 50.8 Å². The highest BCUT2D eigenvalue weighted by Gasteiger charge is 2.27. The maximum Gasteiger partial charge on any atom is 0.254 e. The van der Waals surface area contributed by atoms with Gasteiger partial charge in [-0.05, 0) is 37.1 Å². The van der Waals surface area contributed by atoms with Crippen LogP contribution < -0.4 is 15.2 Å². The molecule has 0 saturated carbocycles. The lowest BCUT2D eigenvalue weighted by Gasteiger charge is -2.33. The minimum atomic E-state index is -1.60. The number of ether oxygens (including phenoxy) is 1. The number of piperidine rings is 1.